The topological polar surface area (TPSA) is 107 Å². The molecule has 3 aromatic rings. The Kier molecular flexibility index (Phi) is 5.82. The van der Waals surface area contributed by atoms with Gasteiger partial charge in [-0.1, -0.05) is 12.8 Å². The van der Waals surface area contributed by atoms with E-state index in [9.17, 15) is 17.6 Å². The van der Waals surface area contributed by atoms with Crippen LogP contribution < -0.4 is 10.5 Å². The summed E-state index contributed by atoms with van der Waals surface area (Å²) in [5.41, 5.74) is 7.46. The molecule has 1 aromatic carbocycles. The first-order chi connectivity index (χ1) is 15.4. The fourth-order valence-electron chi connectivity index (χ4n) is 4.62. The molecule has 3 N–H and O–H groups in total. The molecule has 1 amide bonds. The van der Waals surface area contributed by atoms with Crippen LogP contribution in [0, 0.1) is 12.7 Å². The molecule has 2 aromatic heterocycles. The molecule has 0 radical (unpaired) electrons. The average molecular weight is 473 g/mol. The second-order valence-electron chi connectivity index (χ2n) is 9.75. The van der Waals surface area contributed by atoms with E-state index in [1.165, 1.54) is 18.3 Å². The van der Waals surface area contributed by atoms with E-state index in [4.69, 9.17) is 5.73 Å². The van der Waals surface area contributed by atoms with Crippen LogP contribution in [0.25, 0.3) is 22.3 Å². The molecular weight excluding hydrogens is 443 g/mol. The number of rotatable bonds is 5. The maximum Gasteiger partial charge on any atom is 0.251 e. The van der Waals surface area contributed by atoms with E-state index in [0.717, 1.165) is 31.2 Å². The van der Waals surface area contributed by atoms with Gasteiger partial charge in [0.1, 0.15) is 10.7 Å². The minimum atomic E-state index is -3.77. The maximum absolute atomic E-state index is 14.5. The van der Waals surface area contributed by atoms with Crippen molar-refractivity contribution in [3.05, 3.63) is 47.4 Å². The average Bonchev–Trinajstić information content (AvgIpc) is 3.32. The summed E-state index contributed by atoms with van der Waals surface area (Å²) in [6.07, 6.45) is 5.23. The second kappa shape index (κ2) is 8.22. The number of hydrogen-bond donors (Lipinski definition) is 2. The minimum Gasteiger partial charge on any atom is -0.366 e. The van der Waals surface area contributed by atoms with Gasteiger partial charge >= 0.3 is 0 Å². The van der Waals surface area contributed by atoms with Crippen molar-refractivity contribution in [3.8, 4) is 11.4 Å². The number of pyridine rings is 1. The molecule has 0 unspecified atom stereocenters. The molecule has 176 valence electrons. The lowest BCUT2D eigenvalue weighted by Gasteiger charge is -2.20. The van der Waals surface area contributed by atoms with Crippen molar-refractivity contribution in [2.24, 2.45) is 5.73 Å². The molecule has 9 heteroatoms. The van der Waals surface area contributed by atoms with Gasteiger partial charge in [-0.3, -0.25) is 9.78 Å². The number of nitrogens with zero attached hydrogens (tertiary/aromatic N) is 2. The lowest BCUT2D eigenvalue weighted by Crippen LogP contribution is -2.40. The zero-order valence-electron chi connectivity index (χ0n) is 19.3. The summed E-state index contributed by atoms with van der Waals surface area (Å²) in [5, 5.41) is 0.445. The molecule has 1 fully saturated rings. The van der Waals surface area contributed by atoms with Crippen LogP contribution in [0.5, 0.6) is 0 Å². The number of halogens is 1. The third-order valence-corrected chi connectivity index (χ3v) is 7.69. The molecule has 0 bridgehead atoms. The van der Waals surface area contributed by atoms with Gasteiger partial charge in [-0.2, -0.15) is 0 Å². The van der Waals surface area contributed by atoms with Crippen LogP contribution in [0.15, 0.2) is 35.4 Å². The van der Waals surface area contributed by atoms with E-state index in [0.29, 0.717) is 22.3 Å². The monoisotopic (exact) mass is 472 g/mol. The van der Waals surface area contributed by atoms with Gasteiger partial charge in [-0.05, 0) is 70.4 Å². The van der Waals surface area contributed by atoms with Crippen LogP contribution in [0.1, 0.15) is 68.4 Å². The number of aromatic nitrogens is 2. The highest BCUT2D eigenvalue weighted by atomic mass is 32.2. The predicted octanol–water partition coefficient (Wildman–Crippen LogP) is 4.44. The van der Waals surface area contributed by atoms with E-state index in [-0.39, 0.29) is 16.5 Å². The Bertz CT molecular complexity index is 1330. The number of fused-ring (bicyclic) bond motifs is 1. The number of primary amides is 1. The number of benzene rings is 1. The Balaban J connectivity index is 1.94. The predicted molar refractivity (Wildman–Crippen MR) is 126 cm³/mol. The molecule has 0 aliphatic heterocycles. The van der Waals surface area contributed by atoms with Gasteiger partial charge in [0.15, 0.2) is 0 Å². The van der Waals surface area contributed by atoms with Crippen LogP contribution >= 0.6 is 0 Å². The first-order valence-corrected chi connectivity index (χ1v) is 12.5. The Morgan fingerprint density at radius 3 is 2.42 bits per heavy atom. The first kappa shape index (κ1) is 23.4. The summed E-state index contributed by atoms with van der Waals surface area (Å²) in [6.45, 7) is 6.95. The zero-order chi connectivity index (χ0) is 24.1. The van der Waals surface area contributed by atoms with Gasteiger partial charge < -0.3 is 10.3 Å². The van der Waals surface area contributed by atoms with Gasteiger partial charge in [-0.25, -0.2) is 17.5 Å². The van der Waals surface area contributed by atoms with Crippen molar-refractivity contribution >= 4 is 26.8 Å². The van der Waals surface area contributed by atoms with Gasteiger partial charge in [0.25, 0.3) is 5.91 Å². The molecule has 2 heterocycles. The van der Waals surface area contributed by atoms with Crippen LogP contribution in [0.3, 0.4) is 0 Å². The third-order valence-electron chi connectivity index (χ3n) is 5.95. The summed E-state index contributed by atoms with van der Waals surface area (Å²) < 4.78 is 44.5. The summed E-state index contributed by atoms with van der Waals surface area (Å²) in [7, 11) is -3.77. The van der Waals surface area contributed by atoms with Crippen LogP contribution in [0.4, 0.5) is 4.39 Å². The number of nitrogens with two attached hydrogens (primary N) is 1. The molecule has 1 aliphatic carbocycles. The fraction of sp³-hybridized carbons (Fsp3) is 0.417. The Morgan fingerprint density at radius 2 is 1.88 bits per heavy atom. The molecule has 33 heavy (non-hydrogen) atoms. The number of aryl methyl sites for hydroxylation is 1. The van der Waals surface area contributed by atoms with Crippen molar-refractivity contribution in [3.63, 3.8) is 0 Å². The number of carbonyl (C=O) groups is 1. The number of carbonyl (C=O) groups excluding carboxylic acids is 1. The van der Waals surface area contributed by atoms with Crippen molar-refractivity contribution in [1.82, 2.24) is 14.3 Å². The van der Waals surface area contributed by atoms with Crippen molar-refractivity contribution in [2.75, 3.05) is 0 Å². The molecular formula is C24H29FN4O3S. The van der Waals surface area contributed by atoms with Gasteiger partial charge in [-0.15, -0.1) is 0 Å². The van der Waals surface area contributed by atoms with Crippen molar-refractivity contribution < 1.29 is 17.6 Å². The van der Waals surface area contributed by atoms with Crippen LogP contribution in [-0.2, 0) is 10.0 Å². The van der Waals surface area contributed by atoms with E-state index in [2.05, 4.69) is 9.71 Å². The molecule has 4 rings (SSSR count). The van der Waals surface area contributed by atoms with Crippen LogP contribution in [-0.4, -0.2) is 29.4 Å². The van der Waals surface area contributed by atoms with E-state index < -0.39 is 27.3 Å². The first-order valence-electron chi connectivity index (χ1n) is 11.0. The second-order valence-corrected chi connectivity index (χ2v) is 11.4. The standard InChI is InChI=1S/C24H29FN4O3S/c1-14-11-20-17(12-18(14)25)21(23(26)30)22(29(20)15-7-5-6-8-15)19-10-9-16(13-27-19)33(31,32)28-24(2,3)4/h9-13,15,28H,5-8H2,1-4H3,(H2,26,30). The summed E-state index contributed by atoms with van der Waals surface area (Å²) in [6, 6.07) is 6.25. The molecule has 7 nitrogen and oxygen atoms in total. The maximum atomic E-state index is 14.5. The van der Waals surface area contributed by atoms with Crippen LogP contribution in [0.2, 0.25) is 0 Å². The number of amides is 1. The Hall–Kier alpha value is -2.78. The van der Waals surface area contributed by atoms with E-state index in [1.54, 1.807) is 39.8 Å². The fourth-order valence-corrected chi connectivity index (χ4v) is 5.98. The number of hydrogen-bond acceptors (Lipinski definition) is 4. The van der Waals surface area contributed by atoms with Crippen molar-refractivity contribution in [2.45, 2.75) is 69.9 Å². The van der Waals surface area contributed by atoms with E-state index in [1.807, 2.05) is 4.57 Å². The molecule has 1 saturated carbocycles. The highest BCUT2D eigenvalue weighted by molar-refractivity contribution is 7.89. The number of sulfonamides is 1. The zero-order valence-corrected chi connectivity index (χ0v) is 20.1. The highest BCUT2D eigenvalue weighted by Gasteiger charge is 2.30. The molecule has 1 aliphatic rings. The Labute approximate surface area is 193 Å². The smallest absolute Gasteiger partial charge is 0.251 e. The van der Waals surface area contributed by atoms with Gasteiger partial charge in [0, 0.05) is 23.2 Å². The quantitative estimate of drug-likeness (QED) is 0.572. The number of nitrogens with one attached hydrogen (secondary N) is 1. The Morgan fingerprint density at radius 1 is 1.21 bits per heavy atom. The third kappa shape index (κ3) is 4.39. The highest BCUT2D eigenvalue weighted by Crippen LogP contribution is 2.41. The lowest BCUT2D eigenvalue weighted by atomic mass is 10.1. The van der Waals surface area contributed by atoms with Gasteiger partial charge in [0.2, 0.25) is 10.0 Å². The lowest BCUT2D eigenvalue weighted by molar-refractivity contribution is 0.100. The van der Waals surface area contributed by atoms with Gasteiger partial charge in [0.05, 0.1) is 22.5 Å². The summed E-state index contributed by atoms with van der Waals surface area (Å²) in [4.78, 5) is 17.0. The molecule has 0 atom stereocenters. The normalized spacial score (nSPS) is 15.4. The largest absolute Gasteiger partial charge is 0.366 e. The SMILES string of the molecule is Cc1cc2c(cc1F)c(C(N)=O)c(-c1ccc(S(=O)(=O)NC(C)(C)C)cn1)n2C1CCCC1. The van der Waals surface area contributed by atoms with E-state index >= 15 is 0 Å². The summed E-state index contributed by atoms with van der Waals surface area (Å²) >= 11 is 0. The summed E-state index contributed by atoms with van der Waals surface area (Å²) in [5.74, 6) is -1.09. The molecule has 0 spiro atoms. The van der Waals surface area contributed by atoms with Crippen molar-refractivity contribution in [1.29, 1.82) is 0 Å². The molecule has 0 saturated heterocycles. The minimum absolute atomic E-state index is 0.0206.